The molecule has 0 aliphatic carbocycles. The third-order valence-electron chi connectivity index (χ3n) is 0.338. The lowest BCUT2D eigenvalue weighted by atomic mass is 10.6. The highest BCUT2D eigenvalue weighted by Crippen LogP contribution is 1.90. The van der Waals surface area contributed by atoms with Gasteiger partial charge in [0.15, 0.2) is 0 Å². The minimum absolute atomic E-state index is 0.833. The van der Waals surface area contributed by atoms with Crippen molar-refractivity contribution in [2.24, 2.45) is 0 Å². The van der Waals surface area contributed by atoms with Gasteiger partial charge in [-0.25, -0.2) is 8.78 Å². The van der Waals surface area contributed by atoms with Crippen molar-refractivity contribution in [2.75, 3.05) is 0 Å². The van der Waals surface area contributed by atoms with Crippen LogP contribution in [0.4, 0.5) is 8.78 Å². The summed E-state index contributed by atoms with van der Waals surface area (Å²) < 4.78 is 21.9. The Labute approximate surface area is 49.2 Å². The Morgan fingerprint density at radius 2 is 1.62 bits per heavy atom. The van der Waals surface area contributed by atoms with E-state index in [4.69, 9.17) is 0 Å². The predicted molar refractivity (Wildman–Crippen MR) is 32.2 cm³/mol. The Bertz CT molecular complexity index is 48.5. The molecule has 50 valence electrons. The maximum atomic E-state index is 10.9. The third-order valence-corrected chi connectivity index (χ3v) is 0.338. The van der Waals surface area contributed by atoms with Gasteiger partial charge in [-0.05, 0) is 13.0 Å². The minimum Gasteiger partial charge on any atom is -0.206 e. The zero-order chi connectivity index (χ0) is 6.99. The fraction of sp³-hybridized carbons (Fsp3) is 0.667. The molecule has 0 aliphatic rings. The fourth-order valence-electron chi connectivity index (χ4n) is 0.145. The normalized spacial score (nSPS) is 9.25. The molecule has 0 saturated heterocycles. The quantitative estimate of drug-likeness (QED) is 0.469. The number of halogens is 2. The average molecular weight is 122 g/mol. The first kappa shape index (κ1) is 10.6. The summed E-state index contributed by atoms with van der Waals surface area (Å²) in [6.45, 7) is 5.56. The van der Waals surface area contributed by atoms with Gasteiger partial charge in [-0.2, -0.15) is 0 Å². The van der Waals surface area contributed by atoms with Crippen LogP contribution in [0.1, 0.15) is 20.8 Å². The number of hydrogen-bond donors (Lipinski definition) is 0. The van der Waals surface area contributed by atoms with Crippen molar-refractivity contribution >= 4 is 0 Å². The second-order valence-corrected chi connectivity index (χ2v) is 0.860. The molecule has 0 aromatic carbocycles. The third kappa shape index (κ3) is 17.5. The Hall–Kier alpha value is -0.400. The van der Waals surface area contributed by atoms with Crippen LogP contribution in [-0.4, -0.2) is 6.43 Å². The molecule has 0 aliphatic heterocycles. The lowest BCUT2D eigenvalue weighted by Gasteiger charge is -1.78. The largest absolute Gasteiger partial charge is 0.257 e. The summed E-state index contributed by atoms with van der Waals surface area (Å²) in [6, 6.07) is 0. The maximum Gasteiger partial charge on any atom is 0.257 e. The maximum absolute atomic E-state index is 10.9. The van der Waals surface area contributed by atoms with Crippen LogP contribution in [0, 0.1) is 0 Å². The van der Waals surface area contributed by atoms with Crippen molar-refractivity contribution in [2.45, 2.75) is 27.2 Å². The molecule has 0 fully saturated rings. The molecule has 0 heterocycles. The number of allylic oxidation sites excluding steroid dienone is 2. The lowest BCUT2D eigenvalue weighted by Crippen LogP contribution is -1.76. The Morgan fingerprint density at radius 1 is 1.25 bits per heavy atom. The van der Waals surface area contributed by atoms with Gasteiger partial charge in [-0.1, -0.05) is 19.9 Å². The van der Waals surface area contributed by atoms with Crippen LogP contribution in [0.25, 0.3) is 0 Å². The topological polar surface area (TPSA) is 0 Å². The molecule has 0 saturated carbocycles. The highest BCUT2D eigenvalue weighted by molar-refractivity contribution is 4.78. The van der Waals surface area contributed by atoms with Gasteiger partial charge in [0.1, 0.15) is 0 Å². The molecule has 8 heavy (non-hydrogen) atoms. The van der Waals surface area contributed by atoms with Crippen LogP contribution in [-0.2, 0) is 0 Å². The second kappa shape index (κ2) is 9.78. The van der Waals surface area contributed by atoms with E-state index in [1.54, 1.807) is 6.92 Å². The van der Waals surface area contributed by atoms with Crippen LogP contribution in [0.5, 0.6) is 0 Å². The predicted octanol–water partition coefficient (Wildman–Crippen LogP) is 2.85. The van der Waals surface area contributed by atoms with Gasteiger partial charge in [-0.15, -0.1) is 0 Å². The van der Waals surface area contributed by atoms with E-state index < -0.39 is 6.43 Å². The van der Waals surface area contributed by atoms with Crippen molar-refractivity contribution < 1.29 is 8.78 Å². The standard InChI is InChI=1S/C4H6F2.C2H6/c1-2-3-4(5)6;1-2/h2-4H,1H3;1-2H3/b3-2+;. The summed E-state index contributed by atoms with van der Waals surface area (Å²) >= 11 is 0. The van der Waals surface area contributed by atoms with Crippen molar-refractivity contribution in [3.05, 3.63) is 12.2 Å². The first-order chi connectivity index (χ1) is 3.77. The number of rotatable bonds is 1. The van der Waals surface area contributed by atoms with Gasteiger partial charge in [-0.3, -0.25) is 0 Å². The van der Waals surface area contributed by atoms with E-state index in [0.29, 0.717) is 0 Å². The Balaban J connectivity index is 0. The molecule has 2 heteroatoms. The van der Waals surface area contributed by atoms with E-state index in [1.807, 2.05) is 13.8 Å². The molecule has 0 amide bonds. The van der Waals surface area contributed by atoms with Crippen molar-refractivity contribution in [1.82, 2.24) is 0 Å². The zero-order valence-electron chi connectivity index (χ0n) is 5.49. The monoisotopic (exact) mass is 122 g/mol. The molecular formula is C6H12F2. The molecule has 0 unspecified atom stereocenters. The molecule has 0 radical (unpaired) electrons. The summed E-state index contributed by atoms with van der Waals surface area (Å²) in [4.78, 5) is 0. The van der Waals surface area contributed by atoms with Gasteiger partial charge in [0, 0.05) is 0 Å². The Kier molecular flexibility index (Phi) is 12.9. The highest BCUT2D eigenvalue weighted by atomic mass is 19.3. The van der Waals surface area contributed by atoms with Crippen LogP contribution in [0.3, 0.4) is 0 Å². The van der Waals surface area contributed by atoms with Crippen molar-refractivity contribution in [1.29, 1.82) is 0 Å². The van der Waals surface area contributed by atoms with Crippen LogP contribution in [0.15, 0.2) is 12.2 Å². The smallest absolute Gasteiger partial charge is 0.206 e. The zero-order valence-corrected chi connectivity index (χ0v) is 5.49. The molecule has 0 atom stereocenters. The number of alkyl halides is 2. The van der Waals surface area contributed by atoms with Crippen molar-refractivity contribution in [3.63, 3.8) is 0 Å². The van der Waals surface area contributed by atoms with Crippen LogP contribution in [0.2, 0.25) is 0 Å². The fourth-order valence-corrected chi connectivity index (χ4v) is 0.145. The molecule has 0 nitrogen and oxygen atoms in total. The summed E-state index contributed by atoms with van der Waals surface area (Å²) in [6.07, 6.45) is -0.125. The van der Waals surface area contributed by atoms with Gasteiger partial charge >= 0.3 is 0 Å². The van der Waals surface area contributed by atoms with Crippen LogP contribution >= 0.6 is 0 Å². The molecule has 0 spiro atoms. The lowest BCUT2D eigenvalue weighted by molar-refractivity contribution is 0.204. The van der Waals surface area contributed by atoms with E-state index in [0.717, 1.165) is 6.08 Å². The summed E-state index contributed by atoms with van der Waals surface area (Å²) in [5.74, 6) is 0. The van der Waals surface area contributed by atoms with E-state index in [9.17, 15) is 8.78 Å². The van der Waals surface area contributed by atoms with E-state index in [-0.39, 0.29) is 0 Å². The summed E-state index contributed by atoms with van der Waals surface area (Å²) in [7, 11) is 0. The number of hydrogen-bond acceptors (Lipinski definition) is 0. The average Bonchev–Trinajstić information content (AvgIpc) is 1.72. The molecule has 0 aromatic heterocycles. The summed E-state index contributed by atoms with van der Waals surface area (Å²) in [5.41, 5.74) is 0. The Morgan fingerprint density at radius 3 is 1.62 bits per heavy atom. The molecule has 0 aromatic rings. The van der Waals surface area contributed by atoms with Crippen molar-refractivity contribution in [3.8, 4) is 0 Å². The molecule has 0 N–H and O–H groups in total. The first-order valence-corrected chi connectivity index (χ1v) is 2.68. The van der Waals surface area contributed by atoms with Gasteiger partial charge in [0.25, 0.3) is 6.43 Å². The summed E-state index contributed by atoms with van der Waals surface area (Å²) in [5, 5.41) is 0. The van der Waals surface area contributed by atoms with E-state index in [1.165, 1.54) is 6.08 Å². The molecule has 0 rings (SSSR count). The minimum atomic E-state index is -2.28. The van der Waals surface area contributed by atoms with Gasteiger partial charge in [0.2, 0.25) is 0 Å². The van der Waals surface area contributed by atoms with Gasteiger partial charge in [0.05, 0.1) is 0 Å². The highest BCUT2D eigenvalue weighted by Gasteiger charge is 1.87. The van der Waals surface area contributed by atoms with Gasteiger partial charge < -0.3 is 0 Å². The van der Waals surface area contributed by atoms with E-state index in [2.05, 4.69) is 0 Å². The van der Waals surface area contributed by atoms with E-state index >= 15 is 0 Å². The van der Waals surface area contributed by atoms with Crippen LogP contribution < -0.4 is 0 Å². The molecule has 0 bridgehead atoms. The molecular weight excluding hydrogens is 110 g/mol. The first-order valence-electron chi connectivity index (χ1n) is 2.68. The second-order valence-electron chi connectivity index (χ2n) is 0.860. The SMILES string of the molecule is C/C=C/C(F)F.CC.